The molecule has 1 amide bonds. The lowest BCUT2D eigenvalue weighted by Gasteiger charge is -2.26. The van der Waals surface area contributed by atoms with E-state index in [0.717, 1.165) is 29.7 Å². The van der Waals surface area contributed by atoms with Gasteiger partial charge in [-0.15, -0.1) is 0 Å². The number of rotatable bonds is 7. The van der Waals surface area contributed by atoms with Crippen molar-refractivity contribution >= 4 is 17.4 Å². The number of amides is 1. The van der Waals surface area contributed by atoms with Gasteiger partial charge in [0.1, 0.15) is 23.4 Å². The number of hydrogen-bond donors (Lipinski definition) is 1. The largest absolute Gasteiger partial charge is 0.507 e. The molecule has 0 bridgehead atoms. The number of aliphatic hydroxyl groups is 1. The van der Waals surface area contributed by atoms with Crippen molar-refractivity contribution in [3.63, 3.8) is 0 Å². The summed E-state index contributed by atoms with van der Waals surface area (Å²) in [6.07, 6.45) is 1.64. The van der Waals surface area contributed by atoms with Crippen LogP contribution in [0.2, 0.25) is 0 Å². The number of Topliss-reactive ketones (excluding diaryl/α,β-unsaturated/α-hetero) is 1. The first-order chi connectivity index (χ1) is 17.5. The minimum absolute atomic E-state index is 0.0553. The van der Waals surface area contributed by atoms with Crippen molar-refractivity contribution in [2.45, 2.75) is 45.4 Å². The molecule has 0 aliphatic carbocycles. The maximum atomic E-state index is 13.4. The second kappa shape index (κ2) is 9.90. The molecule has 0 spiro atoms. The summed E-state index contributed by atoms with van der Waals surface area (Å²) in [7, 11) is 0. The zero-order chi connectivity index (χ0) is 25.2. The molecule has 2 aliphatic heterocycles. The number of ketones is 1. The van der Waals surface area contributed by atoms with Crippen molar-refractivity contribution < 1.29 is 24.2 Å². The van der Waals surface area contributed by atoms with Crippen LogP contribution < -0.4 is 9.47 Å². The summed E-state index contributed by atoms with van der Waals surface area (Å²) in [5.41, 5.74) is 3.14. The van der Waals surface area contributed by atoms with E-state index in [2.05, 4.69) is 0 Å². The Kier molecular flexibility index (Phi) is 6.51. The van der Waals surface area contributed by atoms with Gasteiger partial charge in [-0.25, -0.2) is 0 Å². The highest BCUT2D eigenvalue weighted by molar-refractivity contribution is 6.46. The van der Waals surface area contributed by atoms with E-state index >= 15 is 0 Å². The Labute approximate surface area is 210 Å². The highest BCUT2D eigenvalue weighted by atomic mass is 16.5. The quantitative estimate of drug-likeness (QED) is 0.276. The van der Waals surface area contributed by atoms with E-state index in [9.17, 15) is 14.7 Å². The van der Waals surface area contributed by atoms with Crippen molar-refractivity contribution in [2.24, 2.45) is 0 Å². The predicted molar refractivity (Wildman–Crippen MR) is 137 cm³/mol. The average Bonchev–Trinajstić information content (AvgIpc) is 3.39. The lowest BCUT2D eigenvalue weighted by atomic mass is 9.94. The van der Waals surface area contributed by atoms with Crippen molar-refractivity contribution in [3.8, 4) is 11.5 Å². The summed E-state index contributed by atoms with van der Waals surface area (Å²) < 4.78 is 11.6. The standard InChI is InChI=1S/C30H29NO5/c1-3-14-35-24-11-7-10-21(17-24)27-26(28(32)22-12-13-25-23(16-22)15-19(2)36-25)29(33)30(34)31(27)18-20-8-5-4-6-9-20/h4-13,16-17,19,27,32H,3,14-15,18H2,1-2H3/b28-26+/t19-,27-/m0/s1. The Morgan fingerprint density at radius 1 is 1.06 bits per heavy atom. The van der Waals surface area contributed by atoms with Crippen LogP contribution in [0.1, 0.15) is 48.6 Å². The van der Waals surface area contributed by atoms with E-state index in [-0.39, 0.29) is 24.0 Å². The van der Waals surface area contributed by atoms with Gasteiger partial charge < -0.3 is 19.5 Å². The van der Waals surface area contributed by atoms with Crippen LogP contribution in [-0.2, 0) is 22.6 Å². The van der Waals surface area contributed by atoms with E-state index in [4.69, 9.17) is 9.47 Å². The number of fused-ring (bicyclic) bond motifs is 1. The molecule has 36 heavy (non-hydrogen) atoms. The molecule has 2 aliphatic rings. The summed E-state index contributed by atoms with van der Waals surface area (Å²) in [4.78, 5) is 28.2. The number of nitrogens with zero attached hydrogens (tertiary/aromatic N) is 1. The molecule has 2 atom stereocenters. The van der Waals surface area contributed by atoms with Gasteiger partial charge in [0.05, 0.1) is 18.2 Å². The topological polar surface area (TPSA) is 76.1 Å². The molecule has 5 rings (SSSR count). The molecule has 2 heterocycles. The Bertz CT molecular complexity index is 1330. The van der Waals surface area contributed by atoms with Crippen LogP contribution in [-0.4, -0.2) is 34.4 Å². The van der Waals surface area contributed by atoms with E-state index < -0.39 is 17.7 Å². The van der Waals surface area contributed by atoms with Crippen LogP contribution in [0.3, 0.4) is 0 Å². The first-order valence-corrected chi connectivity index (χ1v) is 12.3. The summed E-state index contributed by atoms with van der Waals surface area (Å²) >= 11 is 0. The molecule has 184 valence electrons. The Morgan fingerprint density at radius 2 is 1.86 bits per heavy atom. The summed E-state index contributed by atoms with van der Waals surface area (Å²) in [6.45, 7) is 4.81. The molecule has 0 radical (unpaired) electrons. The van der Waals surface area contributed by atoms with E-state index in [1.54, 1.807) is 6.07 Å². The van der Waals surface area contributed by atoms with Crippen LogP contribution in [0.25, 0.3) is 5.76 Å². The van der Waals surface area contributed by atoms with E-state index in [1.165, 1.54) is 4.90 Å². The molecule has 1 fully saturated rings. The molecule has 3 aromatic rings. The molecule has 6 heteroatoms. The zero-order valence-corrected chi connectivity index (χ0v) is 20.4. The molecule has 3 aromatic carbocycles. The normalized spacial score (nSPS) is 20.3. The van der Waals surface area contributed by atoms with Crippen LogP contribution in [0, 0.1) is 0 Å². The number of hydrogen-bond acceptors (Lipinski definition) is 5. The number of ether oxygens (including phenoxy) is 2. The second-order valence-electron chi connectivity index (χ2n) is 9.29. The molecule has 0 aromatic heterocycles. The van der Waals surface area contributed by atoms with Gasteiger partial charge in [-0.1, -0.05) is 49.4 Å². The number of aliphatic hydroxyl groups excluding tert-OH is 1. The van der Waals surface area contributed by atoms with Gasteiger partial charge in [0.15, 0.2) is 0 Å². The van der Waals surface area contributed by atoms with Gasteiger partial charge in [-0.3, -0.25) is 9.59 Å². The van der Waals surface area contributed by atoms with E-state index in [0.29, 0.717) is 23.5 Å². The molecule has 6 nitrogen and oxygen atoms in total. The maximum absolute atomic E-state index is 13.4. The van der Waals surface area contributed by atoms with Gasteiger partial charge in [0.2, 0.25) is 0 Å². The molecule has 0 saturated carbocycles. The second-order valence-corrected chi connectivity index (χ2v) is 9.29. The summed E-state index contributed by atoms with van der Waals surface area (Å²) in [6, 6.07) is 21.6. The first-order valence-electron chi connectivity index (χ1n) is 12.3. The zero-order valence-electron chi connectivity index (χ0n) is 20.4. The van der Waals surface area contributed by atoms with Gasteiger partial charge in [-0.05, 0) is 60.4 Å². The Balaban J connectivity index is 1.61. The molecule has 0 unspecified atom stereocenters. The van der Waals surface area contributed by atoms with Crippen LogP contribution in [0.4, 0.5) is 0 Å². The Morgan fingerprint density at radius 3 is 2.64 bits per heavy atom. The fraction of sp³-hybridized carbons (Fsp3) is 0.267. The molecule has 1 saturated heterocycles. The minimum atomic E-state index is -0.751. The monoisotopic (exact) mass is 483 g/mol. The average molecular weight is 484 g/mol. The smallest absolute Gasteiger partial charge is 0.295 e. The van der Waals surface area contributed by atoms with Gasteiger partial charge in [-0.2, -0.15) is 0 Å². The maximum Gasteiger partial charge on any atom is 0.295 e. The first kappa shape index (κ1) is 23.7. The van der Waals surface area contributed by atoms with E-state index in [1.807, 2.05) is 80.6 Å². The lowest BCUT2D eigenvalue weighted by molar-refractivity contribution is -0.140. The predicted octanol–water partition coefficient (Wildman–Crippen LogP) is 5.42. The van der Waals surface area contributed by atoms with Crippen LogP contribution in [0.5, 0.6) is 11.5 Å². The van der Waals surface area contributed by atoms with Crippen molar-refractivity contribution in [3.05, 3.63) is 101 Å². The number of likely N-dealkylation sites (tertiary alicyclic amines) is 1. The van der Waals surface area contributed by atoms with Gasteiger partial charge in [0, 0.05) is 18.5 Å². The SMILES string of the molecule is CCCOc1cccc([C@H]2/C(=C(\O)c3ccc4c(c3)C[C@H](C)O4)C(=O)C(=O)N2Cc2ccccc2)c1. The van der Waals surface area contributed by atoms with Crippen molar-refractivity contribution in [1.29, 1.82) is 0 Å². The highest BCUT2D eigenvalue weighted by Crippen LogP contribution is 2.42. The molecule has 1 N–H and O–H groups in total. The number of carbonyl (C=O) groups is 2. The summed E-state index contributed by atoms with van der Waals surface area (Å²) in [5.74, 6) is -0.0813. The lowest BCUT2D eigenvalue weighted by Crippen LogP contribution is -2.29. The third-order valence-corrected chi connectivity index (χ3v) is 6.55. The fourth-order valence-electron chi connectivity index (χ4n) is 4.89. The van der Waals surface area contributed by atoms with Crippen LogP contribution >= 0.6 is 0 Å². The minimum Gasteiger partial charge on any atom is -0.507 e. The fourth-order valence-corrected chi connectivity index (χ4v) is 4.89. The third-order valence-electron chi connectivity index (χ3n) is 6.55. The third kappa shape index (κ3) is 4.47. The van der Waals surface area contributed by atoms with Crippen molar-refractivity contribution in [2.75, 3.05) is 6.61 Å². The number of carbonyl (C=O) groups excluding carboxylic acids is 2. The molecular weight excluding hydrogens is 454 g/mol. The van der Waals surface area contributed by atoms with Gasteiger partial charge >= 0.3 is 0 Å². The van der Waals surface area contributed by atoms with Crippen LogP contribution in [0.15, 0.2) is 78.4 Å². The van der Waals surface area contributed by atoms with Crippen molar-refractivity contribution in [1.82, 2.24) is 4.90 Å². The van der Waals surface area contributed by atoms with Gasteiger partial charge in [0.25, 0.3) is 11.7 Å². The Hall–Kier alpha value is -4.06. The number of benzene rings is 3. The molecular formula is C30H29NO5. The highest BCUT2D eigenvalue weighted by Gasteiger charge is 2.46. The summed E-state index contributed by atoms with van der Waals surface area (Å²) in [5, 5.41) is 11.4.